The molecule has 2 amide bonds. The van der Waals surface area contributed by atoms with Crippen LogP contribution in [-0.2, 0) is 22.7 Å². The fraction of sp³-hybridized carbons (Fsp3) is 0.269. The van der Waals surface area contributed by atoms with E-state index in [1.807, 2.05) is 38.3 Å². The van der Waals surface area contributed by atoms with Gasteiger partial charge in [0.1, 0.15) is 24.2 Å². The number of hydrogen-bond acceptors (Lipinski definition) is 7. The molecule has 0 aliphatic rings. The summed E-state index contributed by atoms with van der Waals surface area (Å²) < 4.78 is 13.3. The van der Waals surface area contributed by atoms with Crippen LogP contribution in [0.25, 0.3) is 11.4 Å². The minimum atomic E-state index is -0.977. The molecule has 0 spiro atoms. The molecule has 2 aromatic carbocycles. The second-order valence-corrected chi connectivity index (χ2v) is 10.5. The summed E-state index contributed by atoms with van der Waals surface area (Å²) in [5.74, 6) is -0.849. The van der Waals surface area contributed by atoms with Crippen LogP contribution in [0.15, 0.2) is 66.0 Å². The van der Waals surface area contributed by atoms with Gasteiger partial charge in [-0.2, -0.15) is 4.80 Å². The first kappa shape index (κ1) is 26.0. The molecule has 0 bridgehead atoms. The number of amides is 2. The zero-order valence-electron chi connectivity index (χ0n) is 20.6. The predicted octanol–water partition coefficient (Wildman–Crippen LogP) is 3.93. The molecule has 0 unspecified atom stereocenters. The van der Waals surface area contributed by atoms with Gasteiger partial charge < -0.3 is 15.3 Å². The summed E-state index contributed by atoms with van der Waals surface area (Å²) in [5, 5.41) is 26.9. The Balaban J connectivity index is 1.66. The monoisotopic (exact) mass is 522 g/mol. The number of carbonyl (C=O) groups excluding carboxylic acids is 2. The fourth-order valence-corrected chi connectivity index (χ4v) is 4.40. The number of halogens is 1. The first-order valence-corrected chi connectivity index (χ1v) is 12.4. The molecule has 2 aromatic heterocycles. The number of rotatable bonds is 8. The van der Waals surface area contributed by atoms with Crippen LogP contribution < -0.4 is 5.32 Å². The molecule has 37 heavy (non-hydrogen) atoms. The Kier molecular flexibility index (Phi) is 7.63. The molecule has 0 fully saturated rings. The van der Waals surface area contributed by atoms with E-state index in [1.165, 1.54) is 52.6 Å². The van der Waals surface area contributed by atoms with Crippen molar-refractivity contribution in [3.63, 3.8) is 0 Å². The molecule has 0 saturated heterocycles. The number of hydrogen-bond donors (Lipinski definition) is 2. The molecule has 192 valence electrons. The maximum Gasteiger partial charge on any atom is 0.247 e. The topological polar surface area (TPSA) is 113 Å². The minimum absolute atomic E-state index is 0.0509. The molecular weight excluding hydrogens is 495 g/mol. The van der Waals surface area contributed by atoms with Crippen molar-refractivity contribution < 1.29 is 19.1 Å². The van der Waals surface area contributed by atoms with E-state index in [9.17, 15) is 19.1 Å². The van der Waals surface area contributed by atoms with Crippen molar-refractivity contribution in [3.05, 3.63) is 82.3 Å². The van der Waals surface area contributed by atoms with Gasteiger partial charge in [-0.15, -0.1) is 21.5 Å². The number of phenols is 1. The van der Waals surface area contributed by atoms with Gasteiger partial charge in [0.25, 0.3) is 0 Å². The van der Waals surface area contributed by atoms with Gasteiger partial charge in [0.2, 0.25) is 17.6 Å². The van der Waals surface area contributed by atoms with E-state index in [2.05, 4.69) is 20.7 Å². The predicted molar refractivity (Wildman–Crippen MR) is 137 cm³/mol. The van der Waals surface area contributed by atoms with Crippen molar-refractivity contribution in [2.24, 2.45) is 0 Å². The first-order chi connectivity index (χ1) is 17.6. The molecule has 1 atom stereocenters. The third kappa shape index (κ3) is 6.76. The largest absolute Gasteiger partial charge is 0.508 e. The molecule has 4 aromatic rings. The minimum Gasteiger partial charge on any atom is -0.508 e. The number of aromatic hydroxyl groups is 1. The maximum atomic E-state index is 13.7. The van der Waals surface area contributed by atoms with E-state index in [4.69, 9.17) is 0 Å². The summed E-state index contributed by atoms with van der Waals surface area (Å²) in [6.07, 6.45) is 0. The number of nitrogens with zero attached hydrogens (tertiary/aromatic N) is 5. The molecule has 0 radical (unpaired) electrons. The average Bonchev–Trinajstić information content (AvgIpc) is 3.51. The Hall–Kier alpha value is -4.12. The Morgan fingerprint density at radius 1 is 1.11 bits per heavy atom. The fourth-order valence-electron chi connectivity index (χ4n) is 3.70. The Morgan fingerprint density at radius 2 is 1.81 bits per heavy atom. The van der Waals surface area contributed by atoms with E-state index in [1.54, 1.807) is 12.1 Å². The standard InChI is InChI=1S/C26H27FN6O3S/c1-26(2,3)28-25(36)23(17-8-12-20(34)13-9-17)32(15-21-5-4-14-37-21)22(35)16-33-30-24(29-31-33)18-6-10-19(27)11-7-18/h4-14,23,34H,15-16H2,1-3H3,(H,28,36)/t23-/m1/s1. The van der Waals surface area contributed by atoms with Crippen LogP contribution in [0, 0.1) is 5.82 Å². The number of thiophene rings is 1. The van der Waals surface area contributed by atoms with Crippen LogP contribution in [0.5, 0.6) is 5.75 Å². The average molecular weight is 523 g/mol. The molecule has 2 N–H and O–H groups in total. The smallest absolute Gasteiger partial charge is 0.247 e. The summed E-state index contributed by atoms with van der Waals surface area (Å²) in [6.45, 7) is 5.50. The van der Waals surface area contributed by atoms with Gasteiger partial charge in [-0.1, -0.05) is 18.2 Å². The van der Waals surface area contributed by atoms with Gasteiger partial charge in [0.15, 0.2) is 0 Å². The van der Waals surface area contributed by atoms with Crippen molar-refractivity contribution in [1.29, 1.82) is 0 Å². The number of nitrogens with one attached hydrogen (secondary N) is 1. The maximum absolute atomic E-state index is 13.7. The van der Waals surface area contributed by atoms with Gasteiger partial charge in [-0.25, -0.2) is 4.39 Å². The normalized spacial score (nSPS) is 12.2. The number of aromatic nitrogens is 4. The molecular formula is C26H27FN6O3S. The third-order valence-electron chi connectivity index (χ3n) is 5.33. The van der Waals surface area contributed by atoms with Gasteiger partial charge in [-0.3, -0.25) is 9.59 Å². The van der Waals surface area contributed by atoms with Crippen molar-refractivity contribution >= 4 is 23.2 Å². The third-order valence-corrected chi connectivity index (χ3v) is 6.19. The Morgan fingerprint density at radius 3 is 2.43 bits per heavy atom. The van der Waals surface area contributed by atoms with Crippen LogP contribution in [-0.4, -0.2) is 47.6 Å². The van der Waals surface area contributed by atoms with E-state index in [0.29, 0.717) is 11.1 Å². The van der Waals surface area contributed by atoms with Crippen molar-refractivity contribution in [1.82, 2.24) is 30.4 Å². The quantitative estimate of drug-likeness (QED) is 0.363. The zero-order valence-corrected chi connectivity index (χ0v) is 21.4. The number of phenolic OH excluding ortho intramolecular Hbond substituents is 1. The van der Waals surface area contributed by atoms with Crippen LogP contribution in [0.2, 0.25) is 0 Å². The highest BCUT2D eigenvalue weighted by atomic mass is 32.1. The van der Waals surface area contributed by atoms with Gasteiger partial charge in [0.05, 0.1) is 6.54 Å². The Labute approximate surface area is 217 Å². The highest BCUT2D eigenvalue weighted by Crippen LogP contribution is 2.27. The van der Waals surface area contributed by atoms with Gasteiger partial charge in [-0.05, 0) is 79.4 Å². The lowest BCUT2D eigenvalue weighted by atomic mass is 10.0. The van der Waals surface area contributed by atoms with Crippen molar-refractivity contribution in [2.75, 3.05) is 0 Å². The second kappa shape index (κ2) is 10.9. The van der Waals surface area contributed by atoms with Crippen LogP contribution in [0.3, 0.4) is 0 Å². The zero-order chi connectivity index (χ0) is 26.6. The molecule has 9 nitrogen and oxygen atoms in total. The summed E-state index contributed by atoms with van der Waals surface area (Å²) in [4.78, 5) is 30.8. The molecule has 0 aliphatic heterocycles. The molecule has 0 aliphatic carbocycles. The lowest BCUT2D eigenvalue weighted by Crippen LogP contribution is -2.49. The Bertz CT molecular complexity index is 1350. The van der Waals surface area contributed by atoms with Crippen LogP contribution in [0.4, 0.5) is 4.39 Å². The van der Waals surface area contributed by atoms with E-state index in [-0.39, 0.29) is 36.4 Å². The summed E-state index contributed by atoms with van der Waals surface area (Å²) in [5.41, 5.74) is 0.562. The van der Waals surface area contributed by atoms with Crippen LogP contribution in [0.1, 0.15) is 37.3 Å². The van der Waals surface area contributed by atoms with Crippen molar-refractivity contribution in [3.8, 4) is 17.1 Å². The summed E-state index contributed by atoms with van der Waals surface area (Å²) >= 11 is 1.47. The summed E-state index contributed by atoms with van der Waals surface area (Å²) in [7, 11) is 0. The number of tetrazole rings is 1. The van der Waals surface area contributed by atoms with Crippen LogP contribution >= 0.6 is 11.3 Å². The highest BCUT2D eigenvalue weighted by Gasteiger charge is 2.34. The van der Waals surface area contributed by atoms with E-state index in [0.717, 1.165) is 9.67 Å². The molecule has 4 rings (SSSR count). The lowest BCUT2D eigenvalue weighted by Gasteiger charge is -2.33. The number of benzene rings is 2. The number of carbonyl (C=O) groups is 2. The van der Waals surface area contributed by atoms with E-state index >= 15 is 0 Å². The highest BCUT2D eigenvalue weighted by molar-refractivity contribution is 7.09. The van der Waals surface area contributed by atoms with Crippen molar-refractivity contribution in [2.45, 2.75) is 45.4 Å². The van der Waals surface area contributed by atoms with E-state index < -0.39 is 17.5 Å². The SMILES string of the molecule is CC(C)(C)NC(=O)[C@@H](c1ccc(O)cc1)N(Cc1cccs1)C(=O)Cn1nnc(-c2ccc(F)cc2)n1. The van der Waals surface area contributed by atoms with Gasteiger partial charge in [0, 0.05) is 16.0 Å². The lowest BCUT2D eigenvalue weighted by molar-refractivity contribution is -0.143. The molecule has 0 saturated carbocycles. The second-order valence-electron chi connectivity index (χ2n) is 9.48. The molecule has 11 heteroatoms. The van der Waals surface area contributed by atoms with Gasteiger partial charge >= 0.3 is 0 Å². The molecule has 2 heterocycles. The first-order valence-electron chi connectivity index (χ1n) is 11.6. The summed E-state index contributed by atoms with van der Waals surface area (Å²) in [6, 6.07) is 14.6.